The van der Waals surface area contributed by atoms with Crippen molar-refractivity contribution < 1.29 is 9.13 Å². The molecule has 110 valence electrons. The second kappa shape index (κ2) is 6.16. The molecule has 3 rings (SSSR count). The van der Waals surface area contributed by atoms with Gasteiger partial charge in [0.25, 0.3) is 0 Å². The van der Waals surface area contributed by atoms with Crippen LogP contribution in [0.3, 0.4) is 0 Å². The highest BCUT2D eigenvalue weighted by molar-refractivity contribution is 9.10. The third-order valence-corrected chi connectivity index (χ3v) is 4.47. The van der Waals surface area contributed by atoms with Crippen LogP contribution in [0.4, 0.5) is 4.39 Å². The molecule has 1 saturated carbocycles. The van der Waals surface area contributed by atoms with E-state index in [0.29, 0.717) is 29.6 Å². The summed E-state index contributed by atoms with van der Waals surface area (Å²) >= 11 is 3.46. The first kappa shape index (κ1) is 14.5. The maximum absolute atomic E-state index is 14.0. The SMILES string of the molecule is Cc1cc(Oc2cccc(F)c2CNC2CC2)ccc1Br. The van der Waals surface area contributed by atoms with Gasteiger partial charge >= 0.3 is 0 Å². The van der Waals surface area contributed by atoms with Gasteiger partial charge < -0.3 is 10.1 Å². The van der Waals surface area contributed by atoms with Gasteiger partial charge in [0, 0.05) is 22.6 Å². The highest BCUT2D eigenvalue weighted by Crippen LogP contribution is 2.30. The molecule has 1 aliphatic rings. The minimum absolute atomic E-state index is 0.227. The number of halogens is 2. The quantitative estimate of drug-likeness (QED) is 0.825. The van der Waals surface area contributed by atoms with Crippen LogP contribution < -0.4 is 10.1 Å². The topological polar surface area (TPSA) is 21.3 Å². The van der Waals surface area contributed by atoms with Gasteiger partial charge in [0.2, 0.25) is 0 Å². The summed E-state index contributed by atoms with van der Waals surface area (Å²) in [5.74, 6) is 1.06. The average molecular weight is 350 g/mol. The van der Waals surface area contributed by atoms with Crippen molar-refractivity contribution in [1.29, 1.82) is 0 Å². The molecule has 0 radical (unpaired) electrons. The number of aryl methyl sites for hydroxylation is 1. The molecule has 0 amide bonds. The standard InChI is InChI=1S/C17H17BrFNO/c1-11-9-13(7-8-15(11)18)21-17-4-2-3-16(19)14(17)10-20-12-5-6-12/h2-4,7-9,12,20H,5-6,10H2,1H3. The van der Waals surface area contributed by atoms with E-state index in [-0.39, 0.29) is 5.82 Å². The predicted octanol–water partition coefficient (Wildman–Crippen LogP) is 4.94. The molecule has 0 atom stereocenters. The van der Waals surface area contributed by atoms with Crippen molar-refractivity contribution in [3.63, 3.8) is 0 Å². The summed E-state index contributed by atoms with van der Waals surface area (Å²) in [6, 6.07) is 11.2. The Balaban J connectivity index is 1.82. The molecule has 2 nitrogen and oxygen atoms in total. The average Bonchev–Trinajstić information content (AvgIpc) is 3.26. The Hall–Kier alpha value is -1.39. The van der Waals surface area contributed by atoms with Gasteiger partial charge in [-0.05, 0) is 55.7 Å². The first-order valence-electron chi connectivity index (χ1n) is 7.08. The summed E-state index contributed by atoms with van der Waals surface area (Å²) in [5, 5.41) is 3.33. The maximum atomic E-state index is 14.0. The minimum atomic E-state index is -0.227. The van der Waals surface area contributed by atoms with Crippen molar-refractivity contribution in [2.24, 2.45) is 0 Å². The van der Waals surface area contributed by atoms with Gasteiger partial charge in [-0.1, -0.05) is 22.0 Å². The Kier molecular flexibility index (Phi) is 4.27. The third-order valence-electron chi connectivity index (χ3n) is 3.58. The van der Waals surface area contributed by atoms with Gasteiger partial charge in [0.1, 0.15) is 17.3 Å². The molecule has 0 saturated heterocycles. The lowest BCUT2D eigenvalue weighted by molar-refractivity contribution is 0.461. The Morgan fingerprint density at radius 2 is 2.10 bits per heavy atom. The second-order valence-electron chi connectivity index (χ2n) is 5.38. The predicted molar refractivity (Wildman–Crippen MR) is 85.2 cm³/mol. The largest absolute Gasteiger partial charge is 0.457 e. The van der Waals surface area contributed by atoms with Crippen molar-refractivity contribution >= 4 is 15.9 Å². The van der Waals surface area contributed by atoms with Crippen molar-refractivity contribution in [1.82, 2.24) is 5.32 Å². The van der Waals surface area contributed by atoms with E-state index in [4.69, 9.17) is 4.74 Å². The van der Waals surface area contributed by atoms with Crippen molar-refractivity contribution in [2.75, 3.05) is 0 Å². The summed E-state index contributed by atoms with van der Waals surface area (Å²) < 4.78 is 20.9. The van der Waals surface area contributed by atoms with E-state index >= 15 is 0 Å². The summed E-state index contributed by atoms with van der Waals surface area (Å²) in [6.07, 6.45) is 2.35. The lowest BCUT2D eigenvalue weighted by Gasteiger charge is -2.13. The summed E-state index contributed by atoms with van der Waals surface area (Å²) in [7, 11) is 0. The maximum Gasteiger partial charge on any atom is 0.134 e. The van der Waals surface area contributed by atoms with E-state index in [1.54, 1.807) is 6.07 Å². The monoisotopic (exact) mass is 349 g/mol. The normalized spacial score (nSPS) is 14.2. The molecule has 0 unspecified atom stereocenters. The summed E-state index contributed by atoms with van der Waals surface area (Å²) in [6.45, 7) is 2.50. The van der Waals surface area contributed by atoms with Crippen LogP contribution in [-0.2, 0) is 6.54 Å². The number of benzene rings is 2. The van der Waals surface area contributed by atoms with Crippen LogP contribution in [0.1, 0.15) is 24.0 Å². The summed E-state index contributed by atoms with van der Waals surface area (Å²) in [5.41, 5.74) is 1.67. The molecular formula is C17H17BrFNO. The number of rotatable bonds is 5. The zero-order chi connectivity index (χ0) is 14.8. The fourth-order valence-electron chi connectivity index (χ4n) is 2.15. The van der Waals surface area contributed by atoms with Crippen molar-refractivity contribution in [2.45, 2.75) is 32.4 Å². The van der Waals surface area contributed by atoms with E-state index in [2.05, 4.69) is 21.2 Å². The van der Waals surface area contributed by atoms with Gasteiger partial charge in [-0.25, -0.2) is 4.39 Å². The molecule has 21 heavy (non-hydrogen) atoms. The van der Waals surface area contributed by atoms with E-state index in [9.17, 15) is 4.39 Å². The first-order valence-corrected chi connectivity index (χ1v) is 7.87. The third kappa shape index (κ3) is 3.63. The lowest BCUT2D eigenvalue weighted by Crippen LogP contribution is -2.16. The van der Waals surface area contributed by atoms with E-state index < -0.39 is 0 Å². The van der Waals surface area contributed by atoms with E-state index in [1.807, 2.05) is 31.2 Å². The molecular weight excluding hydrogens is 333 g/mol. The van der Waals surface area contributed by atoms with Gasteiger partial charge in [-0.15, -0.1) is 0 Å². The molecule has 1 fully saturated rings. The van der Waals surface area contributed by atoms with Crippen LogP contribution in [0.15, 0.2) is 40.9 Å². The summed E-state index contributed by atoms with van der Waals surface area (Å²) in [4.78, 5) is 0. The van der Waals surface area contributed by atoms with Gasteiger partial charge in [-0.2, -0.15) is 0 Å². The van der Waals surface area contributed by atoms with E-state index in [0.717, 1.165) is 10.0 Å². The smallest absolute Gasteiger partial charge is 0.134 e. The highest BCUT2D eigenvalue weighted by atomic mass is 79.9. The lowest BCUT2D eigenvalue weighted by atomic mass is 10.1. The second-order valence-corrected chi connectivity index (χ2v) is 6.24. The number of hydrogen-bond acceptors (Lipinski definition) is 2. The van der Waals surface area contributed by atoms with Crippen LogP contribution in [0.2, 0.25) is 0 Å². The zero-order valence-corrected chi connectivity index (χ0v) is 13.4. The number of hydrogen-bond donors (Lipinski definition) is 1. The van der Waals surface area contributed by atoms with Gasteiger partial charge in [-0.3, -0.25) is 0 Å². The van der Waals surface area contributed by atoms with Crippen LogP contribution in [-0.4, -0.2) is 6.04 Å². The molecule has 0 aliphatic heterocycles. The first-order chi connectivity index (χ1) is 10.1. The fourth-order valence-corrected chi connectivity index (χ4v) is 2.39. The minimum Gasteiger partial charge on any atom is -0.457 e. The Morgan fingerprint density at radius 1 is 1.29 bits per heavy atom. The van der Waals surface area contributed by atoms with Crippen molar-refractivity contribution in [3.8, 4) is 11.5 Å². The highest BCUT2D eigenvalue weighted by Gasteiger charge is 2.21. The molecule has 1 aliphatic carbocycles. The Morgan fingerprint density at radius 3 is 2.81 bits per heavy atom. The van der Waals surface area contributed by atoms with Crippen LogP contribution in [0.25, 0.3) is 0 Å². The van der Waals surface area contributed by atoms with Crippen LogP contribution in [0, 0.1) is 12.7 Å². The molecule has 0 heterocycles. The number of nitrogens with one attached hydrogen (secondary N) is 1. The van der Waals surface area contributed by atoms with Gasteiger partial charge in [0.15, 0.2) is 0 Å². The zero-order valence-electron chi connectivity index (χ0n) is 11.8. The number of ether oxygens (including phenoxy) is 1. The van der Waals surface area contributed by atoms with Crippen molar-refractivity contribution in [3.05, 3.63) is 57.8 Å². The van der Waals surface area contributed by atoms with E-state index in [1.165, 1.54) is 18.9 Å². The molecule has 0 spiro atoms. The molecule has 1 N–H and O–H groups in total. The molecule has 2 aromatic rings. The van der Waals surface area contributed by atoms with Crippen LogP contribution in [0.5, 0.6) is 11.5 Å². The Bertz CT molecular complexity index is 655. The molecule has 0 bridgehead atoms. The molecule has 0 aromatic heterocycles. The fraction of sp³-hybridized carbons (Fsp3) is 0.294. The Labute approximate surface area is 132 Å². The molecule has 4 heteroatoms. The van der Waals surface area contributed by atoms with Gasteiger partial charge in [0.05, 0.1) is 0 Å². The van der Waals surface area contributed by atoms with Crippen LogP contribution >= 0.6 is 15.9 Å². The molecule has 2 aromatic carbocycles.